The number of thiocarbonyl (C=S) groups is 1. The van der Waals surface area contributed by atoms with Gasteiger partial charge in [-0.15, -0.1) is 0 Å². The highest BCUT2D eigenvalue weighted by molar-refractivity contribution is 8.26. The predicted molar refractivity (Wildman–Crippen MR) is 85.8 cm³/mol. The molecule has 0 radical (unpaired) electrons. The van der Waals surface area contributed by atoms with Gasteiger partial charge < -0.3 is 10.1 Å². The van der Waals surface area contributed by atoms with Crippen LogP contribution >= 0.6 is 24.0 Å². The quantitative estimate of drug-likeness (QED) is 0.672. The zero-order valence-electron chi connectivity index (χ0n) is 10.7. The van der Waals surface area contributed by atoms with Crippen molar-refractivity contribution >= 4 is 57.2 Å². The Labute approximate surface area is 129 Å². The van der Waals surface area contributed by atoms with Gasteiger partial charge in [0.2, 0.25) is 0 Å². The Bertz CT molecular complexity index is 794. The number of carboxylic acids is 1. The van der Waals surface area contributed by atoms with E-state index >= 15 is 0 Å². The Kier molecular flexibility index (Phi) is 3.52. The first kappa shape index (κ1) is 13.8. The number of thioether (sulfide) groups is 1. The van der Waals surface area contributed by atoms with Crippen molar-refractivity contribution in [3.63, 3.8) is 0 Å². The number of aliphatic carboxylic acids is 1. The van der Waals surface area contributed by atoms with Crippen molar-refractivity contribution in [3.8, 4) is 0 Å². The molecule has 2 heterocycles. The van der Waals surface area contributed by atoms with E-state index in [2.05, 4.69) is 4.98 Å². The maximum absolute atomic E-state index is 12.1. The fourth-order valence-corrected chi connectivity index (χ4v) is 3.34. The summed E-state index contributed by atoms with van der Waals surface area (Å²) in [6.07, 6.45) is 3.58. The molecule has 7 heteroatoms. The number of fused-ring (bicyclic) bond motifs is 1. The lowest BCUT2D eigenvalue weighted by atomic mass is 10.1. The molecule has 1 saturated heterocycles. The van der Waals surface area contributed by atoms with Crippen LogP contribution in [0.1, 0.15) is 5.56 Å². The number of nitrogens with zero attached hydrogens (tertiary/aromatic N) is 1. The first-order valence-electron chi connectivity index (χ1n) is 6.09. The molecule has 2 N–H and O–H groups in total. The molecule has 1 aliphatic rings. The average molecular weight is 318 g/mol. The van der Waals surface area contributed by atoms with Crippen LogP contribution in [-0.2, 0) is 9.59 Å². The lowest BCUT2D eigenvalue weighted by Crippen LogP contribution is -2.33. The van der Waals surface area contributed by atoms with Crippen LogP contribution in [0.25, 0.3) is 17.0 Å². The monoisotopic (exact) mass is 318 g/mol. The maximum atomic E-state index is 12.1. The van der Waals surface area contributed by atoms with E-state index in [4.69, 9.17) is 17.3 Å². The topological polar surface area (TPSA) is 73.4 Å². The molecule has 5 nitrogen and oxygen atoms in total. The molecule has 1 aromatic heterocycles. The fraction of sp³-hybridized carbons (Fsp3) is 0.0714. The summed E-state index contributed by atoms with van der Waals surface area (Å²) in [5.41, 5.74) is 1.89. The van der Waals surface area contributed by atoms with E-state index in [1.54, 1.807) is 6.08 Å². The van der Waals surface area contributed by atoms with Crippen LogP contribution in [0, 0.1) is 0 Å². The maximum Gasteiger partial charge on any atom is 0.323 e. The van der Waals surface area contributed by atoms with Crippen LogP contribution in [0.2, 0.25) is 0 Å². The van der Waals surface area contributed by atoms with Gasteiger partial charge in [0.1, 0.15) is 10.9 Å². The standard InChI is InChI=1S/C14H10N2O3S2/c17-12(18)7-16-13(19)11(21-14(16)20)6-8-1-2-10-9(5-8)3-4-15-10/h1-6,15H,7H2,(H,17,18)/b11-6+. The smallest absolute Gasteiger partial charge is 0.323 e. The van der Waals surface area contributed by atoms with Crippen molar-refractivity contribution in [2.45, 2.75) is 0 Å². The van der Waals surface area contributed by atoms with Gasteiger partial charge in [-0.05, 0) is 35.2 Å². The van der Waals surface area contributed by atoms with Crippen LogP contribution < -0.4 is 0 Å². The lowest BCUT2D eigenvalue weighted by molar-refractivity contribution is -0.140. The molecular formula is C14H10N2O3S2. The third-order valence-electron chi connectivity index (χ3n) is 3.04. The fourth-order valence-electron chi connectivity index (χ4n) is 2.08. The number of H-pyrrole nitrogens is 1. The Balaban J connectivity index is 1.90. The molecule has 0 saturated carbocycles. The predicted octanol–water partition coefficient (Wildman–Crippen LogP) is 2.45. The Morgan fingerprint density at radius 2 is 2.24 bits per heavy atom. The zero-order valence-corrected chi connectivity index (χ0v) is 12.3. The van der Waals surface area contributed by atoms with E-state index in [9.17, 15) is 9.59 Å². The van der Waals surface area contributed by atoms with E-state index in [-0.39, 0.29) is 10.2 Å². The molecule has 1 fully saturated rings. The van der Waals surface area contributed by atoms with E-state index in [1.165, 1.54) is 0 Å². The number of rotatable bonds is 3. The molecule has 0 aliphatic carbocycles. The van der Waals surface area contributed by atoms with Crippen LogP contribution in [0.4, 0.5) is 0 Å². The molecule has 1 aromatic carbocycles. The molecule has 106 valence electrons. The molecule has 21 heavy (non-hydrogen) atoms. The largest absolute Gasteiger partial charge is 0.480 e. The third kappa shape index (κ3) is 2.70. The SMILES string of the molecule is O=C(O)CN1C(=O)/C(=C\c2ccc3[nH]ccc3c2)SC1=S. The summed E-state index contributed by atoms with van der Waals surface area (Å²) in [5.74, 6) is -1.44. The van der Waals surface area contributed by atoms with Crippen molar-refractivity contribution < 1.29 is 14.7 Å². The van der Waals surface area contributed by atoms with Crippen molar-refractivity contribution in [2.24, 2.45) is 0 Å². The minimum absolute atomic E-state index is 0.274. The zero-order chi connectivity index (χ0) is 15.0. The molecule has 3 rings (SSSR count). The van der Waals surface area contributed by atoms with Crippen LogP contribution in [-0.4, -0.2) is 37.7 Å². The normalized spacial score (nSPS) is 17.1. The number of nitrogens with one attached hydrogen (secondary N) is 1. The molecule has 0 bridgehead atoms. The van der Waals surface area contributed by atoms with Gasteiger partial charge in [0, 0.05) is 11.7 Å². The van der Waals surface area contributed by atoms with E-state index < -0.39 is 12.5 Å². The number of hydrogen-bond donors (Lipinski definition) is 2. The van der Waals surface area contributed by atoms with Crippen LogP contribution in [0.3, 0.4) is 0 Å². The molecular weight excluding hydrogens is 308 g/mol. The van der Waals surface area contributed by atoms with Gasteiger partial charge in [-0.2, -0.15) is 0 Å². The van der Waals surface area contributed by atoms with Crippen molar-refractivity contribution in [1.29, 1.82) is 0 Å². The highest BCUT2D eigenvalue weighted by Crippen LogP contribution is 2.32. The summed E-state index contributed by atoms with van der Waals surface area (Å²) >= 11 is 6.18. The molecule has 0 unspecified atom stereocenters. The summed E-state index contributed by atoms with van der Waals surface area (Å²) in [6.45, 7) is -0.404. The molecule has 0 spiro atoms. The number of hydrogen-bond acceptors (Lipinski definition) is 4. The summed E-state index contributed by atoms with van der Waals surface area (Å²) in [6, 6.07) is 7.72. The highest BCUT2D eigenvalue weighted by Gasteiger charge is 2.33. The molecule has 1 amide bonds. The van der Waals surface area contributed by atoms with Gasteiger partial charge in [0.05, 0.1) is 4.91 Å². The molecule has 1 aliphatic heterocycles. The first-order chi connectivity index (χ1) is 10.0. The summed E-state index contributed by atoms with van der Waals surface area (Å²) in [4.78, 5) is 27.5. The Morgan fingerprint density at radius 3 is 3.00 bits per heavy atom. The first-order valence-corrected chi connectivity index (χ1v) is 7.31. The van der Waals surface area contributed by atoms with E-state index in [0.29, 0.717) is 4.91 Å². The van der Waals surface area contributed by atoms with Crippen LogP contribution in [0.5, 0.6) is 0 Å². The second-order valence-electron chi connectivity index (χ2n) is 4.49. The van der Waals surface area contributed by atoms with Gasteiger partial charge in [-0.3, -0.25) is 14.5 Å². The second kappa shape index (κ2) is 5.34. The number of carboxylic acid groups (broad SMARTS) is 1. The van der Waals surface area contributed by atoms with E-state index in [0.717, 1.165) is 33.1 Å². The number of carbonyl (C=O) groups excluding carboxylic acids is 1. The van der Waals surface area contributed by atoms with Gasteiger partial charge in [-0.25, -0.2) is 0 Å². The van der Waals surface area contributed by atoms with Crippen molar-refractivity contribution in [2.75, 3.05) is 6.54 Å². The van der Waals surface area contributed by atoms with Crippen molar-refractivity contribution in [3.05, 3.63) is 40.9 Å². The minimum Gasteiger partial charge on any atom is -0.480 e. The van der Waals surface area contributed by atoms with Gasteiger partial charge in [0.25, 0.3) is 5.91 Å². The molecule has 2 aromatic rings. The van der Waals surface area contributed by atoms with Gasteiger partial charge in [-0.1, -0.05) is 30.0 Å². The summed E-state index contributed by atoms with van der Waals surface area (Å²) < 4.78 is 0.274. The third-order valence-corrected chi connectivity index (χ3v) is 4.42. The Hall–Kier alpha value is -2.12. The number of carbonyl (C=O) groups is 2. The second-order valence-corrected chi connectivity index (χ2v) is 6.16. The van der Waals surface area contributed by atoms with Gasteiger partial charge >= 0.3 is 5.97 Å². The lowest BCUT2D eigenvalue weighted by Gasteiger charge is -2.10. The van der Waals surface area contributed by atoms with Crippen LogP contribution in [0.15, 0.2) is 35.4 Å². The molecule has 0 atom stereocenters. The number of benzene rings is 1. The average Bonchev–Trinajstić information content (AvgIpc) is 2.98. The number of aromatic nitrogens is 1. The number of amides is 1. The summed E-state index contributed by atoms with van der Waals surface area (Å²) in [5, 5.41) is 9.84. The summed E-state index contributed by atoms with van der Waals surface area (Å²) in [7, 11) is 0. The van der Waals surface area contributed by atoms with E-state index in [1.807, 2.05) is 30.5 Å². The highest BCUT2D eigenvalue weighted by atomic mass is 32.2. The minimum atomic E-state index is -1.08. The number of aromatic amines is 1. The van der Waals surface area contributed by atoms with Gasteiger partial charge in [0.15, 0.2) is 0 Å². The Morgan fingerprint density at radius 1 is 1.43 bits per heavy atom. The van der Waals surface area contributed by atoms with Crippen molar-refractivity contribution in [1.82, 2.24) is 9.88 Å².